The lowest BCUT2D eigenvalue weighted by molar-refractivity contribution is 0.0953. The molecule has 2 aromatic heterocycles. The van der Waals surface area contributed by atoms with E-state index in [1.165, 1.54) is 0 Å². The van der Waals surface area contributed by atoms with Gasteiger partial charge in [0, 0.05) is 26.6 Å². The van der Waals surface area contributed by atoms with Gasteiger partial charge in [0.25, 0.3) is 5.91 Å². The lowest BCUT2D eigenvalue weighted by atomic mass is 10.1. The molecular formula is C21H23N7O2. The van der Waals surface area contributed by atoms with Gasteiger partial charge in [0.2, 0.25) is 0 Å². The highest BCUT2D eigenvalue weighted by Gasteiger charge is 2.16. The van der Waals surface area contributed by atoms with Crippen LogP contribution in [-0.4, -0.2) is 55.9 Å². The zero-order chi connectivity index (χ0) is 20.9. The number of fused-ring (bicyclic) bond motifs is 1. The second-order valence-electron chi connectivity index (χ2n) is 6.82. The molecule has 0 aliphatic rings. The van der Waals surface area contributed by atoms with Crippen LogP contribution in [0.3, 0.4) is 0 Å². The van der Waals surface area contributed by atoms with Crippen molar-refractivity contribution < 1.29 is 9.53 Å². The van der Waals surface area contributed by atoms with Gasteiger partial charge in [0.15, 0.2) is 5.82 Å². The highest BCUT2D eigenvalue weighted by molar-refractivity contribution is 5.97. The monoisotopic (exact) mass is 405 g/mol. The van der Waals surface area contributed by atoms with E-state index in [-0.39, 0.29) is 5.91 Å². The third kappa shape index (κ3) is 3.92. The summed E-state index contributed by atoms with van der Waals surface area (Å²) in [5.74, 6) is 1.35. The standard InChI is InChI=1S/C21H23N7O2/c1-15-24-25-26-28(15)18-9-5-3-7-16(18)21(29)22-12-11-20-23-17-8-4-6-10-19(17)27(20)13-14-30-2/h3-10H,11-14H2,1-2H3,(H,22,29). The maximum Gasteiger partial charge on any atom is 0.253 e. The number of benzene rings is 2. The second kappa shape index (κ2) is 8.83. The molecule has 30 heavy (non-hydrogen) atoms. The average molecular weight is 405 g/mol. The van der Waals surface area contributed by atoms with Gasteiger partial charge in [-0.1, -0.05) is 24.3 Å². The van der Waals surface area contributed by atoms with Crippen LogP contribution in [0.4, 0.5) is 0 Å². The number of carbonyl (C=O) groups excluding carboxylic acids is 1. The van der Waals surface area contributed by atoms with E-state index >= 15 is 0 Å². The number of hydrogen-bond donors (Lipinski definition) is 1. The van der Waals surface area contributed by atoms with Crippen LogP contribution < -0.4 is 5.32 Å². The van der Waals surface area contributed by atoms with E-state index in [2.05, 4.69) is 25.4 Å². The topological polar surface area (TPSA) is 99.8 Å². The van der Waals surface area contributed by atoms with Crippen molar-refractivity contribution in [2.24, 2.45) is 0 Å². The smallest absolute Gasteiger partial charge is 0.253 e. The Kier molecular flexibility index (Phi) is 5.80. The van der Waals surface area contributed by atoms with E-state index in [9.17, 15) is 4.79 Å². The van der Waals surface area contributed by atoms with Crippen molar-refractivity contribution in [2.45, 2.75) is 19.9 Å². The van der Waals surface area contributed by atoms with Gasteiger partial charge in [0.05, 0.1) is 28.9 Å². The number of para-hydroxylation sites is 3. The number of rotatable bonds is 8. The first-order chi connectivity index (χ1) is 14.7. The van der Waals surface area contributed by atoms with E-state index in [0.29, 0.717) is 43.2 Å². The van der Waals surface area contributed by atoms with E-state index in [4.69, 9.17) is 9.72 Å². The molecule has 0 fully saturated rings. The molecule has 4 aromatic rings. The molecular weight excluding hydrogens is 382 g/mol. The third-order valence-corrected chi connectivity index (χ3v) is 4.89. The number of imidazole rings is 1. The van der Waals surface area contributed by atoms with Crippen molar-refractivity contribution in [3.05, 3.63) is 65.7 Å². The quantitative estimate of drug-likeness (QED) is 0.481. The summed E-state index contributed by atoms with van der Waals surface area (Å²) >= 11 is 0. The summed E-state index contributed by atoms with van der Waals surface area (Å²) < 4.78 is 8.94. The minimum absolute atomic E-state index is 0.181. The lowest BCUT2D eigenvalue weighted by Gasteiger charge is -2.11. The molecule has 0 saturated heterocycles. The summed E-state index contributed by atoms with van der Waals surface area (Å²) in [4.78, 5) is 17.6. The zero-order valence-electron chi connectivity index (χ0n) is 16.9. The fourth-order valence-corrected chi connectivity index (χ4v) is 3.44. The van der Waals surface area contributed by atoms with Crippen molar-refractivity contribution in [1.82, 2.24) is 35.1 Å². The first kappa shape index (κ1) is 19.7. The molecule has 2 heterocycles. The van der Waals surface area contributed by atoms with Gasteiger partial charge in [-0.15, -0.1) is 5.10 Å². The summed E-state index contributed by atoms with van der Waals surface area (Å²) in [7, 11) is 1.68. The first-order valence-corrected chi connectivity index (χ1v) is 9.74. The number of methoxy groups -OCH3 is 1. The second-order valence-corrected chi connectivity index (χ2v) is 6.82. The van der Waals surface area contributed by atoms with Crippen LogP contribution in [-0.2, 0) is 17.7 Å². The minimum Gasteiger partial charge on any atom is -0.383 e. The Balaban J connectivity index is 1.49. The van der Waals surface area contributed by atoms with Crippen LogP contribution in [0.1, 0.15) is 22.0 Å². The Morgan fingerprint density at radius 2 is 1.93 bits per heavy atom. The number of amides is 1. The number of aromatic nitrogens is 6. The summed E-state index contributed by atoms with van der Waals surface area (Å²) in [6.45, 7) is 3.55. The molecule has 9 nitrogen and oxygen atoms in total. The minimum atomic E-state index is -0.181. The van der Waals surface area contributed by atoms with Crippen molar-refractivity contribution in [1.29, 1.82) is 0 Å². The SMILES string of the molecule is COCCn1c(CCNC(=O)c2ccccc2-n2nnnc2C)nc2ccccc21. The van der Waals surface area contributed by atoms with Gasteiger partial charge < -0.3 is 14.6 Å². The number of hydrogen-bond acceptors (Lipinski definition) is 6. The van der Waals surface area contributed by atoms with Crippen LogP contribution in [0.2, 0.25) is 0 Å². The molecule has 1 N–H and O–H groups in total. The largest absolute Gasteiger partial charge is 0.383 e. The summed E-state index contributed by atoms with van der Waals surface area (Å²) in [6, 6.07) is 15.3. The first-order valence-electron chi connectivity index (χ1n) is 9.74. The van der Waals surface area contributed by atoms with Crippen LogP contribution >= 0.6 is 0 Å². The molecule has 9 heteroatoms. The maximum atomic E-state index is 12.9. The molecule has 0 atom stereocenters. The van der Waals surface area contributed by atoms with Crippen LogP contribution in [0.5, 0.6) is 0 Å². The molecule has 0 saturated carbocycles. The molecule has 0 spiro atoms. The van der Waals surface area contributed by atoms with Crippen molar-refractivity contribution in [2.75, 3.05) is 20.3 Å². The number of aryl methyl sites for hydroxylation is 1. The lowest BCUT2D eigenvalue weighted by Crippen LogP contribution is -2.28. The van der Waals surface area contributed by atoms with Gasteiger partial charge >= 0.3 is 0 Å². The Morgan fingerprint density at radius 1 is 1.13 bits per heavy atom. The fourth-order valence-electron chi connectivity index (χ4n) is 3.44. The zero-order valence-corrected chi connectivity index (χ0v) is 16.9. The fraction of sp³-hybridized carbons (Fsp3) is 0.286. The molecule has 0 aliphatic heterocycles. The predicted molar refractivity (Wildman–Crippen MR) is 112 cm³/mol. The van der Waals surface area contributed by atoms with E-state index in [0.717, 1.165) is 16.9 Å². The van der Waals surface area contributed by atoms with E-state index in [1.54, 1.807) is 24.8 Å². The van der Waals surface area contributed by atoms with Crippen molar-refractivity contribution >= 4 is 16.9 Å². The number of nitrogens with zero attached hydrogens (tertiary/aromatic N) is 6. The molecule has 0 unspecified atom stereocenters. The Hall–Kier alpha value is -3.59. The summed E-state index contributed by atoms with van der Waals surface area (Å²) in [5, 5.41) is 14.5. The molecule has 1 amide bonds. The molecule has 0 radical (unpaired) electrons. The number of nitrogens with one attached hydrogen (secondary N) is 1. The van der Waals surface area contributed by atoms with Crippen LogP contribution in [0.15, 0.2) is 48.5 Å². The average Bonchev–Trinajstić information content (AvgIpc) is 3.35. The molecule has 154 valence electrons. The maximum absolute atomic E-state index is 12.9. The number of tetrazole rings is 1. The predicted octanol–water partition coefficient (Wildman–Crippen LogP) is 1.94. The van der Waals surface area contributed by atoms with Gasteiger partial charge in [-0.25, -0.2) is 4.98 Å². The number of ether oxygens (including phenoxy) is 1. The van der Waals surface area contributed by atoms with Gasteiger partial charge in [-0.3, -0.25) is 4.79 Å². The molecule has 2 aromatic carbocycles. The Labute approximate surface area is 173 Å². The van der Waals surface area contributed by atoms with E-state index in [1.807, 2.05) is 42.5 Å². The summed E-state index contributed by atoms with van der Waals surface area (Å²) in [5.41, 5.74) is 3.16. The molecule has 0 bridgehead atoms. The van der Waals surface area contributed by atoms with Gasteiger partial charge in [-0.2, -0.15) is 4.68 Å². The third-order valence-electron chi connectivity index (χ3n) is 4.89. The van der Waals surface area contributed by atoms with E-state index < -0.39 is 0 Å². The van der Waals surface area contributed by atoms with Crippen LogP contribution in [0, 0.1) is 6.92 Å². The van der Waals surface area contributed by atoms with Crippen molar-refractivity contribution in [3.63, 3.8) is 0 Å². The van der Waals surface area contributed by atoms with Crippen LogP contribution in [0.25, 0.3) is 16.7 Å². The molecule has 4 rings (SSSR count). The highest BCUT2D eigenvalue weighted by atomic mass is 16.5. The van der Waals surface area contributed by atoms with Crippen molar-refractivity contribution in [3.8, 4) is 5.69 Å². The Morgan fingerprint density at radius 3 is 2.73 bits per heavy atom. The summed E-state index contributed by atoms with van der Waals surface area (Å²) in [6.07, 6.45) is 0.607. The van der Waals surface area contributed by atoms with Gasteiger partial charge in [0.1, 0.15) is 5.82 Å². The highest BCUT2D eigenvalue weighted by Crippen LogP contribution is 2.17. The Bertz CT molecular complexity index is 1170. The van der Waals surface area contributed by atoms with Gasteiger partial charge in [-0.05, 0) is 41.6 Å². The number of carbonyl (C=O) groups is 1. The molecule has 0 aliphatic carbocycles. The normalized spacial score (nSPS) is 11.1.